The topological polar surface area (TPSA) is 49.4 Å². The molecule has 0 bridgehead atoms. The molecule has 1 rings (SSSR count). The number of rotatable bonds is 6. The summed E-state index contributed by atoms with van der Waals surface area (Å²) in [6.45, 7) is 0.428. The van der Waals surface area contributed by atoms with Crippen molar-refractivity contribution in [1.29, 1.82) is 0 Å². The molecule has 0 aromatic heterocycles. The zero-order valence-electron chi connectivity index (χ0n) is 9.98. The SMILES string of the molecule is CN(C)S(=O)(=O)c1ccc(CNCCF)cc1. The fourth-order valence-corrected chi connectivity index (χ4v) is 2.19. The molecule has 0 heterocycles. The van der Waals surface area contributed by atoms with Crippen molar-refractivity contribution in [3.63, 3.8) is 0 Å². The van der Waals surface area contributed by atoms with Crippen molar-refractivity contribution in [3.05, 3.63) is 29.8 Å². The average Bonchev–Trinajstić information content (AvgIpc) is 2.30. The van der Waals surface area contributed by atoms with Crippen molar-refractivity contribution in [2.45, 2.75) is 11.4 Å². The second kappa shape index (κ2) is 6.09. The van der Waals surface area contributed by atoms with E-state index in [1.54, 1.807) is 24.3 Å². The Kier molecular flexibility index (Phi) is 5.04. The summed E-state index contributed by atoms with van der Waals surface area (Å²) in [5.74, 6) is 0. The van der Waals surface area contributed by atoms with Crippen LogP contribution in [0.2, 0.25) is 0 Å². The first-order valence-electron chi connectivity index (χ1n) is 5.26. The van der Waals surface area contributed by atoms with Crippen molar-refractivity contribution in [3.8, 4) is 0 Å². The summed E-state index contributed by atoms with van der Waals surface area (Å²) >= 11 is 0. The van der Waals surface area contributed by atoms with Gasteiger partial charge >= 0.3 is 0 Å². The number of nitrogens with zero attached hydrogens (tertiary/aromatic N) is 1. The van der Waals surface area contributed by atoms with Crippen LogP contribution in [0.5, 0.6) is 0 Å². The molecule has 0 fully saturated rings. The second-order valence-electron chi connectivity index (χ2n) is 3.80. The van der Waals surface area contributed by atoms with Gasteiger partial charge in [-0.3, -0.25) is 0 Å². The minimum Gasteiger partial charge on any atom is -0.310 e. The van der Waals surface area contributed by atoms with E-state index in [-0.39, 0.29) is 4.90 Å². The molecule has 6 heteroatoms. The molecule has 1 aromatic rings. The molecular formula is C11H17FN2O2S. The smallest absolute Gasteiger partial charge is 0.242 e. The summed E-state index contributed by atoms with van der Waals surface area (Å²) < 4.78 is 36.6. The van der Waals surface area contributed by atoms with Crippen LogP contribution < -0.4 is 5.32 Å². The Bertz CT molecular complexity index is 443. The highest BCUT2D eigenvalue weighted by Crippen LogP contribution is 2.13. The third-order valence-electron chi connectivity index (χ3n) is 2.30. The quantitative estimate of drug-likeness (QED) is 0.776. The van der Waals surface area contributed by atoms with Gasteiger partial charge in [-0.05, 0) is 17.7 Å². The molecule has 0 saturated carbocycles. The van der Waals surface area contributed by atoms with Gasteiger partial charge in [0.1, 0.15) is 6.67 Å². The number of halogens is 1. The zero-order valence-corrected chi connectivity index (χ0v) is 10.8. The van der Waals surface area contributed by atoms with Crippen LogP contribution in [0, 0.1) is 0 Å². The predicted molar refractivity (Wildman–Crippen MR) is 65.0 cm³/mol. The van der Waals surface area contributed by atoms with Crippen molar-refractivity contribution in [1.82, 2.24) is 9.62 Å². The summed E-state index contributed by atoms with van der Waals surface area (Å²) in [5.41, 5.74) is 0.927. The molecule has 0 aliphatic heterocycles. The third kappa shape index (κ3) is 3.76. The Balaban J connectivity index is 2.75. The molecule has 0 radical (unpaired) electrons. The molecule has 0 saturated heterocycles. The van der Waals surface area contributed by atoms with Gasteiger partial charge in [-0.2, -0.15) is 0 Å². The Hall–Kier alpha value is -0.980. The van der Waals surface area contributed by atoms with Gasteiger partial charge in [-0.1, -0.05) is 12.1 Å². The number of hydrogen-bond donors (Lipinski definition) is 1. The van der Waals surface area contributed by atoms with Crippen LogP contribution in [0.25, 0.3) is 0 Å². The lowest BCUT2D eigenvalue weighted by Gasteiger charge is -2.11. The van der Waals surface area contributed by atoms with Crippen LogP contribution in [0.4, 0.5) is 4.39 Å². The number of benzene rings is 1. The maximum Gasteiger partial charge on any atom is 0.242 e. The third-order valence-corrected chi connectivity index (χ3v) is 4.13. The van der Waals surface area contributed by atoms with Crippen molar-refractivity contribution in [2.24, 2.45) is 0 Å². The fraction of sp³-hybridized carbons (Fsp3) is 0.455. The van der Waals surface area contributed by atoms with Crippen LogP contribution >= 0.6 is 0 Å². The molecule has 96 valence electrons. The molecule has 17 heavy (non-hydrogen) atoms. The first-order chi connectivity index (χ1) is 7.98. The second-order valence-corrected chi connectivity index (χ2v) is 5.95. The summed E-state index contributed by atoms with van der Waals surface area (Å²) in [6.07, 6.45) is 0. The van der Waals surface area contributed by atoms with Crippen LogP contribution in [-0.4, -0.2) is 40.0 Å². The lowest BCUT2D eigenvalue weighted by atomic mass is 10.2. The monoisotopic (exact) mass is 260 g/mol. The van der Waals surface area contributed by atoms with Gasteiger partial charge in [0.15, 0.2) is 0 Å². The van der Waals surface area contributed by atoms with Crippen LogP contribution in [0.15, 0.2) is 29.2 Å². The summed E-state index contributed by atoms with van der Waals surface area (Å²) in [5, 5.41) is 2.90. The highest BCUT2D eigenvalue weighted by atomic mass is 32.2. The summed E-state index contributed by atoms with van der Waals surface area (Å²) in [6, 6.07) is 6.56. The number of alkyl halides is 1. The van der Waals surface area contributed by atoms with Gasteiger partial charge in [0.05, 0.1) is 4.90 Å². The minimum absolute atomic E-state index is 0.261. The van der Waals surface area contributed by atoms with E-state index in [4.69, 9.17) is 0 Å². The van der Waals surface area contributed by atoms with E-state index in [1.165, 1.54) is 18.4 Å². The van der Waals surface area contributed by atoms with Crippen LogP contribution in [-0.2, 0) is 16.6 Å². The van der Waals surface area contributed by atoms with Gasteiger partial charge in [0, 0.05) is 27.2 Å². The molecule has 0 amide bonds. The zero-order chi connectivity index (χ0) is 12.9. The molecular weight excluding hydrogens is 243 g/mol. The van der Waals surface area contributed by atoms with Gasteiger partial charge in [-0.15, -0.1) is 0 Å². The summed E-state index contributed by atoms with van der Waals surface area (Å²) in [4.78, 5) is 0.261. The average molecular weight is 260 g/mol. The molecule has 0 unspecified atom stereocenters. The van der Waals surface area contributed by atoms with E-state index in [0.29, 0.717) is 13.1 Å². The van der Waals surface area contributed by atoms with Crippen molar-refractivity contribution < 1.29 is 12.8 Å². The number of nitrogens with one attached hydrogen (secondary N) is 1. The Labute approximate surface area is 101 Å². The van der Waals surface area contributed by atoms with E-state index in [2.05, 4.69) is 5.32 Å². The Morgan fingerprint density at radius 2 is 1.82 bits per heavy atom. The largest absolute Gasteiger partial charge is 0.310 e. The molecule has 1 N–H and O–H groups in total. The highest BCUT2D eigenvalue weighted by Gasteiger charge is 2.16. The van der Waals surface area contributed by atoms with E-state index < -0.39 is 16.7 Å². The first kappa shape index (κ1) is 14.1. The standard InChI is InChI=1S/C11H17FN2O2S/c1-14(2)17(15,16)11-5-3-10(4-6-11)9-13-8-7-12/h3-6,13H,7-9H2,1-2H3. The van der Waals surface area contributed by atoms with E-state index in [0.717, 1.165) is 5.56 Å². The summed E-state index contributed by atoms with van der Waals surface area (Å²) in [7, 11) is -0.382. The normalized spacial score (nSPS) is 12.0. The molecule has 0 aliphatic carbocycles. The number of hydrogen-bond acceptors (Lipinski definition) is 3. The highest BCUT2D eigenvalue weighted by molar-refractivity contribution is 7.89. The Morgan fingerprint density at radius 3 is 2.29 bits per heavy atom. The fourth-order valence-electron chi connectivity index (χ4n) is 1.29. The molecule has 0 aliphatic rings. The lowest BCUT2D eigenvalue weighted by Crippen LogP contribution is -2.22. The first-order valence-corrected chi connectivity index (χ1v) is 6.70. The Morgan fingerprint density at radius 1 is 1.24 bits per heavy atom. The van der Waals surface area contributed by atoms with Crippen molar-refractivity contribution in [2.75, 3.05) is 27.3 Å². The molecule has 1 aromatic carbocycles. The van der Waals surface area contributed by atoms with E-state index >= 15 is 0 Å². The van der Waals surface area contributed by atoms with Gasteiger partial charge in [0.25, 0.3) is 0 Å². The number of sulfonamides is 1. The van der Waals surface area contributed by atoms with Gasteiger partial charge < -0.3 is 5.32 Å². The van der Waals surface area contributed by atoms with Crippen LogP contribution in [0.1, 0.15) is 5.56 Å². The maximum absolute atomic E-state index is 11.9. The maximum atomic E-state index is 11.9. The minimum atomic E-state index is -3.37. The van der Waals surface area contributed by atoms with E-state index in [1.807, 2.05) is 0 Å². The molecule has 0 spiro atoms. The van der Waals surface area contributed by atoms with Crippen LogP contribution in [0.3, 0.4) is 0 Å². The van der Waals surface area contributed by atoms with Gasteiger partial charge in [-0.25, -0.2) is 17.1 Å². The predicted octanol–water partition coefficient (Wildman–Crippen LogP) is 0.996. The molecule has 0 atom stereocenters. The van der Waals surface area contributed by atoms with Gasteiger partial charge in [0.2, 0.25) is 10.0 Å². The lowest BCUT2D eigenvalue weighted by molar-refractivity contribution is 0.467. The molecule has 4 nitrogen and oxygen atoms in total. The van der Waals surface area contributed by atoms with Crippen molar-refractivity contribution >= 4 is 10.0 Å². The van der Waals surface area contributed by atoms with E-state index in [9.17, 15) is 12.8 Å².